The molecule has 3 aromatic carbocycles. The minimum atomic E-state index is -0.585. The van der Waals surface area contributed by atoms with E-state index in [1.54, 1.807) is 36.3 Å². The van der Waals surface area contributed by atoms with Crippen molar-refractivity contribution in [1.29, 1.82) is 0 Å². The number of likely N-dealkylation sites (N-methyl/N-ethyl adjacent to an activating group) is 1. The number of nitrogens with one attached hydrogen (secondary N) is 2. The summed E-state index contributed by atoms with van der Waals surface area (Å²) < 4.78 is 6.31. The molecule has 0 spiro atoms. The molecule has 1 fully saturated rings. The van der Waals surface area contributed by atoms with E-state index in [2.05, 4.69) is 26.6 Å². The van der Waals surface area contributed by atoms with Crippen LogP contribution in [0.4, 0.5) is 15.3 Å². The topological polar surface area (TPSA) is 91.0 Å². The lowest BCUT2D eigenvalue weighted by molar-refractivity contribution is -0.131. The van der Waals surface area contributed by atoms with Gasteiger partial charge in [-0.05, 0) is 41.8 Å². The summed E-state index contributed by atoms with van der Waals surface area (Å²) in [6, 6.07) is 24.7. The van der Waals surface area contributed by atoms with Gasteiger partial charge in [-0.1, -0.05) is 76.6 Å². The molecule has 3 aromatic rings. The zero-order valence-electron chi connectivity index (χ0n) is 19.8. The third-order valence-corrected chi connectivity index (χ3v) is 6.51. The van der Waals surface area contributed by atoms with Crippen molar-refractivity contribution >= 4 is 39.6 Å². The normalized spacial score (nSPS) is 16.4. The average molecular weight is 551 g/mol. The monoisotopic (exact) mass is 550 g/mol. The minimum absolute atomic E-state index is 0.0702. The number of nitrogens with zero attached hydrogens (tertiary/aromatic N) is 2. The van der Waals surface area contributed by atoms with E-state index in [9.17, 15) is 14.4 Å². The maximum absolute atomic E-state index is 13.0. The second-order valence-electron chi connectivity index (χ2n) is 8.49. The van der Waals surface area contributed by atoms with Crippen LogP contribution in [0.5, 0.6) is 0 Å². The van der Waals surface area contributed by atoms with E-state index in [1.807, 2.05) is 60.7 Å². The Bertz CT molecular complexity index is 1190. The minimum Gasteiger partial charge on any atom is -0.445 e. The molecule has 2 atom stereocenters. The van der Waals surface area contributed by atoms with Crippen LogP contribution in [0, 0.1) is 0 Å². The summed E-state index contributed by atoms with van der Waals surface area (Å²) in [5, 5.41) is 8.35. The summed E-state index contributed by atoms with van der Waals surface area (Å²) in [4.78, 5) is 38.6. The molecule has 36 heavy (non-hydrogen) atoms. The summed E-state index contributed by atoms with van der Waals surface area (Å²) >= 11 is 3.36. The molecule has 186 valence electrons. The SMILES string of the molecule is CN1[C@@H]([C@H](Cc2ccccc2)NC(=O)OCc2ccccc2)CC(=O)N1C(=O)Nc1ccc(Br)cc1. The van der Waals surface area contributed by atoms with Crippen molar-refractivity contribution in [2.45, 2.75) is 31.5 Å². The van der Waals surface area contributed by atoms with Crippen LogP contribution < -0.4 is 10.6 Å². The van der Waals surface area contributed by atoms with Crippen LogP contribution in [0.25, 0.3) is 0 Å². The molecule has 0 radical (unpaired) electrons. The predicted octanol–water partition coefficient (Wildman–Crippen LogP) is 4.97. The molecule has 0 aliphatic carbocycles. The van der Waals surface area contributed by atoms with Crippen molar-refractivity contribution < 1.29 is 19.1 Å². The highest BCUT2D eigenvalue weighted by atomic mass is 79.9. The predicted molar refractivity (Wildman–Crippen MR) is 140 cm³/mol. The smallest absolute Gasteiger partial charge is 0.407 e. The van der Waals surface area contributed by atoms with Gasteiger partial charge in [-0.25, -0.2) is 14.6 Å². The van der Waals surface area contributed by atoms with Crippen LogP contribution >= 0.6 is 15.9 Å². The Morgan fingerprint density at radius 1 is 0.972 bits per heavy atom. The fraction of sp³-hybridized carbons (Fsp3) is 0.222. The number of imide groups is 1. The van der Waals surface area contributed by atoms with Crippen LogP contribution in [0.15, 0.2) is 89.4 Å². The second-order valence-corrected chi connectivity index (χ2v) is 9.41. The van der Waals surface area contributed by atoms with E-state index in [1.165, 1.54) is 0 Å². The van der Waals surface area contributed by atoms with Crippen LogP contribution in [-0.2, 0) is 22.6 Å². The van der Waals surface area contributed by atoms with Gasteiger partial charge in [0.1, 0.15) is 6.61 Å². The number of hydrogen-bond donors (Lipinski definition) is 2. The van der Waals surface area contributed by atoms with E-state index in [0.717, 1.165) is 20.6 Å². The first-order valence-electron chi connectivity index (χ1n) is 11.5. The molecule has 0 aromatic heterocycles. The number of carbonyl (C=O) groups excluding carboxylic acids is 3. The van der Waals surface area contributed by atoms with Crippen LogP contribution in [0.2, 0.25) is 0 Å². The fourth-order valence-corrected chi connectivity index (χ4v) is 4.42. The number of rotatable bonds is 7. The average Bonchev–Trinajstić information content (AvgIpc) is 3.18. The fourth-order valence-electron chi connectivity index (χ4n) is 4.16. The first-order chi connectivity index (χ1) is 17.4. The number of halogens is 1. The molecule has 4 rings (SSSR count). The Morgan fingerprint density at radius 2 is 1.58 bits per heavy atom. The lowest BCUT2D eigenvalue weighted by Crippen LogP contribution is -2.53. The van der Waals surface area contributed by atoms with Gasteiger partial charge in [-0.15, -0.1) is 0 Å². The zero-order valence-corrected chi connectivity index (χ0v) is 21.4. The highest BCUT2D eigenvalue weighted by Gasteiger charge is 2.43. The van der Waals surface area contributed by atoms with E-state index in [4.69, 9.17) is 4.74 Å². The lowest BCUT2D eigenvalue weighted by Gasteiger charge is -2.32. The van der Waals surface area contributed by atoms with Crippen molar-refractivity contribution in [3.05, 3.63) is 101 Å². The van der Waals surface area contributed by atoms with Gasteiger partial charge in [0.2, 0.25) is 5.91 Å². The van der Waals surface area contributed by atoms with Crippen molar-refractivity contribution in [1.82, 2.24) is 15.3 Å². The molecular formula is C27H27BrN4O4. The quantitative estimate of drug-likeness (QED) is 0.433. The molecule has 1 heterocycles. The molecule has 1 saturated heterocycles. The largest absolute Gasteiger partial charge is 0.445 e. The number of ether oxygens (including phenoxy) is 1. The molecular weight excluding hydrogens is 524 g/mol. The number of alkyl carbamates (subject to hydrolysis) is 1. The summed E-state index contributed by atoms with van der Waals surface area (Å²) in [7, 11) is 1.67. The number of benzene rings is 3. The number of amides is 4. The van der Waals surface area contributed by atoms with Gasteiger partial charge in [0.05, 0.1) is 12.1 Å². The molecule has 1 aliphatic heterocycles. The molecule has 1 aliphatic rings. The van der Waals surface area contributed by atoms with Gasteiger partial charge < -0.3 is 15.4 Å². The zero-order chi connectivity index (χ0) is 25.5. The Hall–Kier alpha value is -3.69. The molecule has 4 amide bonds. The Labute approximate surface area is 218 Å². The van der Waals surface area contributed by atoms with Crippen molar-refractivity contribution in [3.8, 4) is 0 Å². The van der Waals surface area contributed by atoms with Crippen molar-refractivity contribution in [2.75, 3.05) is 12.4 Å². The van der Waals surface area contributed by atoms with Gasteiger partial charge in [-0.3, -0.25) is 4.79 Å². The van der Waals surface area contributed by atoms with Gasteiger partial charge in [0, 0.05) is 23.6 Å². The van der Waals surface area contributed by atoms with Crippen LogP contribution in [-0.4, -0.2) is 47.2 Å². The molecule has 2 N–H and O–H groups in total. The molecule has 0 saturated carbocycles. The van der Waals surface area contributed by atoms with Crippen molar-refractivity contribution in [3.63, 3.8) is 0 Å². The molecule has 0 bridgehead atoms. The third kappa shape index (κ3) is 6.50. The van der Waals surface area contributed by atoms with E-state index in [0.29, 0.717) is 12.1 Å². The summed E-state index contributed by atoms with van der Waals surface area (Å²) in [5.41, 5.74) is 2.43. The highest BCUT2D eigenvalue weighted by molar-refractivity contribution is 9.10. The number of hydrazine groups is 1. The number of anilines is 1. The molecule has 9 heteroatoms. The summed E-state index contributed by atoms with van der Waals surface area (Å²) in [6.45, 7) is 0.131. The van der Waals surface area contributed by atoms with Gasteiger partial charge in [0.15, 0.2) is 0 Å². The maximum Gasteiger partial charge on any atom is 0.407 e. The third-order valence-electron chi connectivity index (χ3n) is 5.98. The lowest BCUT2D eigenvalue weighted by atomic mass is 9.97. The van der Waals surface area contributed by atoms with Crippen LogP contribution in [0.3, 0.4) is 0 Å². The second kappa shape index (κ2) is 11.8. The molecule has 8 nitrogen and oxygen atoms in total. The van der Waals surface area contributed by atoms with Crippen LogP contribution in [0.1, 0.15) is 17.5 Å². The first kappa shape index (κ1) is 25.4. The number of hydrogen-bond acceptors (Lipinski definition) is 5. The standard InChI is InChI=1S/C27H27BrN4O4/c1-31-24(17-25(33)32(31)26(34)29-22-14-12-21(28)13-15-22)23(16-19-8-4-2-5-9-19)30-27(35)36-18-20-10-6-3-7-11-20/h2-15,23-24H,16-18H2,1H3,(H,29,34)(H,30,35)/t23-,24+/m0/s1. The Kier molecular flexibility index (Phi) is 8.35. The maximum atomic E-state index is 13.0. The number of urea groups is 1. The van der Waals surface area contributed by atoms with E-state index in [-0.39, 0.29) is 18.9 Å². The van der Waals surface area contributed by atoms with Gasteiger partial charge in [-0.2, -0.15) is 5.01 Å². The molecule has 0 unspecified atom stereocenters. The summed E-state index contributed by atoms with van der Waals surface area (Å²) in [6.07, 6.45) is -0.0506. The summed E-state index contributed by atoms with van der Waals surface area (Å²) in [5.74, 6) is -0.352. The van der Waals surface area contributed by atoms with E-state index < -0.39 is 24.2 Å². The van der Waals surface area contributed by atoms with Crippen molar-refractivity contribution in [2.24, 2.45) is 0 Å². The van der Waals surface area contributed by atoms with E-state index >= 15 is 0 Å². The Morgan fingerprint density at radius 3 is 2.22 bits per heavy atom. The number of carbonyl (C=O) groups is 3. The Balaban J connectivity index is 1.47. The van der Waals surface area contributed by atoms with Gasteiger partial charge in [0.25, 0.3) is 0 Å². The highest BCUT2D eigenvalue weighted by Crippen LogP contribution is 2.25. The first-order valence-corrected chi connectivity index (χ1v) is 12.3. The van der Waals surface area contributed by atoms with Gasteiger partial charge >= 0.3 is 12.1 Å².